The van der Waals surface area contributed by atoms with Crippen LogP contribution >= 0.6 is 11.6 Å². The van der Waals surface area contributed by atoms with Gasteiger partial charge in [-0.25, -0.2) is 4.39 Å². The average molecular weight is 246 g/mol. The highest BCUT2D eigenvalue weighted by Gasteiger charge is 2.07. The number of carbonyl (C=O) groups is 2. The van der Waals surface area contributed by atoms with Gasteiger partial charge in [0.1, 0.15) is 12.4 Å². The number of hydrogen-bond acceptors (Lipinski definition) is 2. The number of hydrogen-bond donors (Lipinski definition) is 2. The summed E-state index contributed by atoms with van der Waals surface area (Å²) in [7, 11) is 0. The van der Waals surface area contributed by atoms with Crippen LogP contribution < -0.4 is 5.32 Å². The molecule has 0 fully saturated rings. The lowest BCUT2D eigenvalue weighted by atomic mass is 10.1. The van der Waals surface area contributed by atoms with Crippen molar-refractivity contribution < 1.29 is 19.1 Å². The molecule has 0 aliphatic heterocycles. The van der Waals surface area contributed by atoms with Gasteiger partial charge in [0.15, 0.2) is 0 Å². The fourth-order valence-corrected chi connectivity index (χ4v) is 1.27. The second kappa shape index (κ2) is 5.46. The maximum atomic E-state index is 12.8. The van der Waals surface area contributed by atoms with Crippen molar-refractivity contribution in [2.75, 3.05) is 6.54 Å². The summed E-state index contributed by atoms with van der Waals surface area (Å²) in [5.74, 6) is -2.13. The Bertz CT molecular complexity index is 423. The van der Waals surface area contributed by atoms with Gasteiger partial charge in [-0.3, -0.25) is 9.59 Å². The normalized spacial score (nSPS) is 9.88. The molecule has 0 heterocycles. The summed E-state index contributed by atoms with van der Waals surface area (Å²) in [4.78, 5) is 21.4. The Morgan fingerprint density at radius 2 is 2.12 bits per heavy atom. The highest BCUT2D eigenvalue weighted by Crippen LogP contribution is 2.16. The molecule has 1 aromatic carbocycles. The molecular weight excluding hydrogens is 237 g/mol. The first-order valence-electron chi connectivity index (χ1n) is 4.41. The van der Waals surface area contributed by atoms with Crippen LogP contribution in [0, 0.1) is 5.82 Å². The summed E-state index contributed by atoms with van der Waals surface area (Å²) >= 11 is 5.52. The van der Waals surface area contributed by atoms with E-state index < -0.39 is 24.2 Å². The maximum absolute atomic E-state index is 12.8. The quantitative estimate of drug-likeness (QED) is 0.838. The molecule has 0 aliphatic carbocycles. The number of carboxylic acid groups (broad SMARTS) is 1. The van der Waals surface area contributed by atoms with E-state index >= 15 is 0 Å². The summed E-state index contributed by atoms with van der Waals surface area (Å²) in [6.07, 6.45) is -0.0344. The Kier molecular flexibility index (Phi) is 4.25. The number of benzene rings is 1. The van der Waals surface area contributed by atoms with Crippen molar-refractivity contribution >= 4 is 23.5 Å². The minimum absolute atomic E-state index is 0.0344. The predicted octanol–water partition coefficient (Wildman–Crippen LogP) is 1.22. The zero-order valence-electron chi connectivity index (χ0n) is 8.17. The standard InChI is InChI=1S/C10H9ClFNO3/c11-7-3-6(1-2-8(7)12)4-9(14)13-5-10(15)16/h1-3H,4-5H2,(H,13,14)(H,15,16). The predicted molar refractivity (Wildman–Crippen MR) is 55.8 cm³/mol. The van der Waals surface area contributed by atoms with E-state index in [-0.39, 0.29) is 11.4 Å². The number of rotatable bonds is 4. The Labute approximate surface area is 96.0 Å². The van der Waals surface area contributed by atoms with Crippen LogP contribution in [-0.2, 0) is 16.0 Å². The van der Waals surface area contributed by atoms with Crippen molar-refractivity contribution in [3.63, 3.8) is 0 Å². The number of carboxylic acids is 1. The van der Waals surface area contributed by atoms with Gasteiger partial charge in [-0.05, 0) is 17.7 Å². The van der Waals surface area contributed by atoms with Gasteiger partial charge in [0.05, 0.1) is 11.4 Å². The van der Waals surface area contributed by atoms with Crippen LogP contribution in [0.2, 0.25) is 5.02 Å². The molecule has 0 atom stereocenters. The van der Waals surface area contributed by atoms with Crippen LogP contribution in [0.1, 0.15) is 5.56 Å². The SMILES string of the molecule is O=C(O)CNC(=O)Cc1ccc(F)c(Cl)c1. The van der Waals surface area contributed by atoms with Gasteiger partial charge < -0.3 is 10.4 Å². The minimum Gasteiger partial charge on any atom is -0.480 e. The van der Waals surface area contributed by atoms with E-state index in [1.54, 1.807) is 0 Å². The number of carbonyl (C=O) groups excluding carboxylic acids is 1. The van der Waals surface area contributed by atoms with Crippen molar-refractivity contribution in [3.05, 3.63) is 34.6 Å². The first-order chi connectivity index (χ1) is 7.49. The fourth-order valence-electron chi connectivity index (χ4n) is 1.07. The van der Waals surface area contributed by atoms with E-state index in [2.05, 4.69) is 5.32 Å². The first-order valence-corrected chi connectivity index (χ1v) is 4.79. The van der Waals surface area contributed by atoms with Gasteiger partial charge in [0, 0.05) is 0 Å². The summed E-state index contributed by atoms with van der Waals surface area (Å²) in [5, 5.41) is 10.4. The average Bonchev–Trinajstić information content (AvgIpc) is 2.21. The molecular formula is C10H9ClFNO3. The van der Waals surface area contributed by atoms with Crippen LogP contribution in [0.15, 0.2) is 18.2 Å². The third-order valence-electron chi connectivity index (χ3n) is 1.79. The largest absolute Gasteiger partial charge is 0.480 e. The number of nitrogens with one attached hydrogen (secondary N) is 1. The number of halogens is 2. The van der Waals surface area contributed by atoms with Crippen molar-refractivity contribution in [1.82, 2.24) is 5.32 Å². The van der Waals surface area contributed by atoms with Crippen LogP contribution in [0.4, 0.5) is 4.39 Å². The Morgan fingerprint density at radius 3 is 2.69 bits per heavy atom. The topological polar surface area (TPSA) is 66.4 Å². The molecule has 0 saturated carbocycles. The smallest absolute Gasteiger partial charge is 0.322 e. The molecule has 1 rings (SSSR count). The molecule has 1 amide bonds. The summed E-state index contributed by atoms with van der Waals surface area (Å²) in [5.41, 5.74) is 0.522. The molecule has 0 aromatic heterocycles. The monoisotopic (exact) mass is 245 g/mol. The Hall–Kier alpha value is -1.62. The number of amides is 1. The van der Waals surface area contributed by atoms with Gasteiger partial charge in [-0.15, -0.1) is 0 Å². The van der Waals surface area contributed by atoms with Crippen LogP contribution in [0.5, 0.6) is 0 Å². The zero-order chi connectivity index (χ0) is 12.1. The maximum Gasteiger partial charge on any atom is 0.322 e. The van der Waals surface area contributed by atoms with Crippen LogP contribution in [0.25, 0.3) is 0 Å². The first kappa shape index (κ1) is 12.4. The van der Waals surface area contributed by atoms with Crippen LogP contribution in [-0.4, -0.2) is 23.5 Å². The zero-order valence-corrected chi connectivity index (χ0v) is 8.92. The molecule has 86 valence electrons. The summed E-state index contributed by atoms with van der Waals surface area (Å²) in [6.45, 7) is -0.437. The molecule has 2 N–H and O–H groups in total. The van der Waals surface area contributed by atoms with Gasteiger partial charge in [-0.1, -0.05) is 17.7 Å². The molecule has 1 aromatic rings. The summed E-state index contributed by atoms with van der Waals surface area (Å²) < 4.78 is 12.8. The summed E-state index contributed by atoms with van der Waals surface area (Å²) in [6, 6.07) is 3.90. The molecule has 0 saturated heterocycles. The lowest BCUT2D eigenvalue weighted by molar-refractivity contribution is -0.137. The number of aliphatic carboxylic acids is 1. The second-order valence-corrected chi connectivity index (χ2v) is 3.50. The van der Waals surface area contributed by atoms with E-state index in [4.69, 9.17) is 16.7 Å². The fraction of sp³-hybridized carbons (Fsp3) is 0.200. The van der Waals surface area contributed by atoms with Crippen molar-refractivity contribution in [3.8, 4) is 0 Å². The molecule has 6 heteroatoms. The molecule has 0 bridgehead atoms. The lowest BCUT2D eigenvalue weighted by Gasteiger charge is -2.03. The van der Waals surface area contributed by atoms with E-state index in [9.17, 15) is 14.0 Å². The molecule has 0 spiro atoms. The highest BCUT2D eigenvalue weighted by atomic mass is 35.5. The van der Waals surface area contributed by atoms with E-state index in [0.29, 0.717) is 5.56 Å². The highest BCUT2D eigenvalue weighted by molar-refractivity contribution is 6.30. The Morgan fingerprint density at radius 1 is 1.44 bits per heavy atom. The van der Waals surface area contributed by atoms with E-state index in [1.807, 2.05) is 0 Å². The Balaban J connectivity index is 2.56. The van der Waals surface area contributed by atoms with Gasteiger partial charge in [0.2, 0.25) is 5.91 Å². The molecule has 4 nitrogen and oxygen atoms in total. The van der Waals surface area contributed by atoms with Gasteiger partial charge in [-0.2, -0.15) is 0 Å². The lowest BCUT2D eigenvalue weighted by Crippen LogP contribution is -2.30. The van der Waals surface area contributed by atoms with E-state index in [1.165, 1.54) is 12.1 Å². The molecule has 0 unspecified atom stereocenters. The second-order valence-electron chi connectivity index (χ2n) is 3.10. The molecule has 16 heavy (non-hydrogen) atoms. The van der Waals surface area contributed by atoms with Crippen molar-refractivity contribution in [2.24, 2.45) is 0 Å². The van der Waals surface area contributed by atoms with Crippen LogP contribution in [0.3, 0.4) is 0 Å². The molecule has 0 aliphatic rings. The van der Waals surface area contributed by atoms with E-state index in [0.717, 1.165) is 6.07 Å². The molecule has 0 radical (unpaired) electrons. The van der Waals surface area contributed by atoms with Gasteiger partial charge >= 0.3 is 5.97 Å². The third-order valence-corrected chi connectivity index (χ3v) is 2.08. The minimum atomic E-state index is -1.12. The van der Waals surface area contributed by atoms with Crippen molar-refractivity contribution in [1.29, 1.82) is 0 Å². The van der Waals surface area contributed by atoms with Gasteiger partial charge in [0.25, 0.3) is 0 Å². The van der Waals surface area contributed by atoms with Crippen molar-refractivity contribution in [2.45, 2.75) is 6.42 Å². The third kappa shape index (κ3) is 3.86.